The molecule has 120 valence electrons. The minimum atomic E-state index is -1.05. The summed E-state index contributed by atoms with van der Waals surface area (Å²) in [5.74, 6) is 0.0277. The van der Waals surface area contributed by atoms with Gasteiger partial charge in [-0.1, -0.05) is 30.3 Å². The number of hydrogen-bond acceptors (Lipinski definition) is 5. The molecule has 1 amide bonds. The second-order valence-corrected chi connectivity index (χ2v) is 5.17. The summed E-state index contributed by atoms with van der Waals surface area (Å²) in [5, 5.41) is 20.2. The molecule has 7 heteroatoms. The molecule has 3 aromatic rings. The van der Waals surface area contributed by atoms with Crippen LogP contribution in [-0.4, -0.2) is 20.7 Å². The maximum atomic E-state index is 12.3. The van der Waals surface area contributed by atoms with E-state index in [2.05, 4.69) is 15.5 Å². The van der Waals surface area contributed by atoms with Gasteiger partial charge in [-0.2, -0.15) is 5.26 Å². The standard InChI is InChI=1S/C17H15N5O2/c1-22-15(12-6-3-2-4-7-12)20-21-16(22)14(10-18)17(23)19-11-13-8-5-9-24-13/h2-9,14H,11H2,1H3,(H,19,23)/t14-/m1/s1. The van der Waals surface area contributed by atoms with Gasteiger partial charge in [0.15, 0.2) is 17.6 Å². The summed E-state index contributed by atoms with van der Waals surface area (Å²) >= 11 is 0. The average molecular weight is 321 g/mol. The number of carbonyl (C=O) groups is 1. The molecule has 3 rings (SSSR count). The summed E-state index contributed by atoms with van der Waals surface area (Å²) in [5.41, 5.74) is 0.867. The zero-order valence-electron chi connectivity index (χ0n) is 13.0. The van der Waals surface area contributed by atoms with Gasteiger partial charge in [0.1, 0.15) is 5.76 Å². The topological polar surface area (TPSA) is 96.7 Å². The van der Waals surface area contributed by atoms with E-state index in [0.29, 0.717) is 17.4 Å². The molecule has 0 saturated carbocycles. The summed E-state index contributed by atoms with van der Waals surface area (Å²) in [6, 6.07) is 14.9. The number of rotatable bonds is 5. The summed E-state index contributed by atoms with van der Waals surface area (Å²) in [7, 11) is 1.74. The smallest absolute Gasteiger partial charge is 0.245 e. The second kappa shape index (κ2) is 6.79. The molecule has 0 radical (unpaired) electrons. The monoisotopic (exact) mass is 321 g/mol. The van der Waals surface area contributed by atoms with E-state index in [1.165, 1.54) is 6.26 Å². The minimum absolute atomic E-state index is 0.216. The van der Waals surface area contributed by atoms with Crippen LogP contribution in [0, 0.1) is 11.3 Å². The Hall–Kier alpha value is -3.40. The SMILES string of the molecule is Cn1c(-c2ccccc2)nnc1[C@@H](C#N)C(=O)NCc1ccco1. The van der Waals surface area contributed by atoms with Crippen LogP contribution in [0.3, 0.4) is 0 Å². The number of amides is 1. The molecule has 1 N–H and O–H groups in total. The summed E-state index contributed by atoms with van der Waals surface area (Å²) < 4.78 is 6.82. The van der Waals surface area contributed by atoms with E-state index in [1.54, 1.807) is 23.7 Å². The second-order valence-electron chi connectivity index (χ2n) is 5.17. The third kappa shape index (κ3) is 3.03. The molecule has 2 heterocycles. The zero-order valence-corrected chi connectivity index (χ0v) is 13.0. The van der Waals surface area contributed by atoms with Crippen molar-refractivity contribution in [3.63, 3.8) is 0 Å². The van der Waals surface area contributed by atoms with Gasteiger partial charge in [-0.15, -0.1) is 10.2 Å². The van der Waals surface area contributed by atoms with E-state index < -0.39 is 11.8 Å². The summed E-state index contributed by atoms with van der Waals surface area (Å²) in [6.07, 6.45) is 1.53. The summed E-state index contributed by atoms with van der Waals surface area (Å²) in [6.45, 7) is 0.216. The van der Waals surface area contributed by atoms with Crippen LogP contribution in [0.1, 0.15) is 17.5 Å². The third-order valence-corrected chi connectivity index (χ3v) is 3.61. The average Bonchev–Trinajstić information content (AvgIpc) is 3.25. The lowest BCUT2D eigenvalue weighted by molar-refractivity contribution is -0.121. The first-order chi connectivity index (χ1) is 11.7. The van der Waals surface area contributed by atoms with E-state index in [4.69, 9.17) is 4.42 Å². The normalized spacial score (nSPS) is 11.7. The number of nitrogens with zero attached hydrogens (tertiary/aromatic N) is 4. The van der Waals surface area contributed by atoms with Crippen molar-refractivity contribution >= 4 is 5.91 Å². The van der Waals surface area contributed by atoms with Crippen LogP contribution in [0.25, 0.3) is 11.4 Å². The van der Waals surface area contributed by atoms with Gasteiger partial charge in [0.2, 0.25) is 5.91 Å². The Labute approximate surface area is 138 Å². The fourth-order valence-electron chi connectivity index (χ4n) is 2.35. The molecule has 0 spiro atoms. The van der Waals surface area contributed by atoms with Crippen molar-refractivity contribution < 1.29 is 9.21 Å². The van der Waals surface area contributed by atoms with Crippen molar-refractivity contribution in [1.82, 2.24) is 20.1 Å². The van der Waals surface area contributed by atoms with E-state index in [9.17, 15) is 10.1 Å². The van der Waals surface area contributed by atoms with E-state index in [0.717, 1.165) is 5.56 Å². The molecule has 1 atom stereocenters. The van der Waals surface area contributed by atoms with Gasteiger partial charge in [0.05, 0.1) is 18.9 Å². The number of hydrogen-bond donors (Lipinski definition) is 1. The van der Waals surface area contributed by atoms with E-state index in [1.807, 2.05) is 36.4 Å². The van der Waals surface area contributed by atoms with Crippen molar-refractivity contribution in [2.75, 3.05) is 0 Å². The molecular weight excluding hydrogens is 306 g/mol. The molecule has 0 aliphatic carbocycles. The number of aromatic nitrogens is 3. The van der Waals surface area contributed by atoms with Gasteiger partial charge in [0, 0.05) is 12.6 Å². The van der Waals surface area contributed by atoms with Gasteiger partial charge in [-0.3, -0.25) is 4.79 Å². The highest BCUT2D eigenvalue weighted by molar-refractivity contribution is 5.85. The van der Waals surface area contributed by atoms with Crippen LogP contribution in [0.4, 0.5) is 0 Å². The molecule has 24 heavy (non-hydrogen) atoms. The highest BCUT2D eigenvalue weighted by Gasteiger charge is 2.26. The summed E-state index contributed by atoms with van der Waals surface area (Å²) in [4.78, 5) is 12.3. The first-order valence-electron chi connectivity index (χ1n) is 7.35. The number of nitriles is 1. The molecule has 2 aromatic heterocycles. The van der Waals surface area contributed by atoms with Crippen molar-refractivity contribution in [2.45, 2.75) is 12.5 Å². The van der Waals surface area contributed by atoms with Crippen molar-refractivity contribution in [3.8, 4) is 17.5 Å². The third-order valence-electron chi connectivity index (χ3n) is 3.61. The predicted molar refractivity (Wildman–Crippen MR) is 85.3 cm³/mol. The lowest BCUT2D eigenvalue weighted by Crippen LogP contribution is -2.29. The Bertz CT molecular complexity index is 862. The maximum absolute atomic E-state index is 12.3. The molecule has 1 aromatic carbocycles. The lowest BCUT2D eigenvalue weighted by atomic mass is 10.1. The van der Waals surface area contributed by atoms with Crippen molar-refractivity contribution in [1.29, 1.82) is 5.26 Å². The Balaban J connectivity index is 1.80. The van der Waals surface area contributed by atoms with Crippen LogP contribution in [-0.2, 0) is 18.4 Å². The van der Waals surface area contributed by atoms with Gasteiger partial charge in [0.25, 0.3) is 0 Å². The maximum Gasteiger partial charge on any atom is 0.245 e. The largest absolute Gasteiger partial charge is 0.467 e. The van der Waals surface area contributed by atoms with Crippen LogP contribution in [0.2, 0.25) is 0 Å². The highest BCUT2D eigenvalue weighted by atomic mass is 16.3. The van der Waals surface area contributed by atoms with E-state index >= 15 is 0 Å². The first-order valence-corrected chi connectivity index (χ1v) is 7.35. The fourth-order valence-corrected chi connectivity index (χ4v) is 2.35. The lowest BCUT2D eigenvalue weighted by Gasteiger charge is -2.09. The number of furan rings is 1. The van der Waals surface area contributed by atoms with Crippen molar-refractivity contribution in [2.24, 2.45) is 7.05 Å². The van der Waals surface area contributed by atoms with Crippen LogP contribution in [0.5, 0.6) is 0 Å². The van der Waals surface area contributed by atoms with Gasteiger partial charge < -0.3 is 14.3 Å². The number of carbonyl (C=O) groups excluding carboxylic acids is 1. The molecule has 0 saturated heterocycles. The molecule has 0 aliphatic heterocycles. The molecular formula is C17H15N5O2. The zero-order chi connectivity index (χ0) is 16.9. The molecule has 0 bridgehead atoms. The number of benzene rings is 1. The first kappa shape index (κ1) is 15.5. The Morgan fingerprint density at radius 1 is 1.29 bits per heavy atom. The fraction of sp³-hybridized carbons (Fsp3) is 0.176. The molecule has 0 unspecified atom stereocenters. The van der Waals surface area contributed by atoms with Gasteiger partial charge in [-0.25, -0.2) is 0 Å². The predicted octanol–water partition coefficient (Wildman–Crippen LogP) is 2.00. The van der Waals surface area contributed by atoms with E-state index in [-0.39, 0.29) is 6.54 Å². The Morgan fingerprint density at radius 3 is 2.75 bits per heavy atom. The van der Waals surface area contributed by atoms with Gasteiger partial charge in [-0.05, 0) is 12.1 Å². The van der Waals surface area contributed by atoms with Crippen molar-refractivity contribution in [3.05, 3.63) is 60.3 Å². The Morgan fingerprint density at radius 2 is 2.08 bits per heavy atom. The van der Waals surface area contributed by atoms with Crippen LogP contribution < -0.4 is 5.32 Å². The quantitative estimate of drug-likeness (QED) is 0.775. The molecule has 7 nitrogen and oxygen atoms in total. The molecule has 0 aliphatic rings. The molecule has 0 fully saturated rings. The highest BCUT2D eigenvalue weighted by Crippen LogP contribution is 2.21. The minimum Gasteiger partial charge on any atom is -0.467 e. The van der Waals surface area contributed by atoms with Crippen LogP contribution >= 0.6 is 0 Å². The van der Waals surface area contributed by atoms with Gasteiger partial charge >= 0.3 is 0 Å². The van der Waals surface area contributed by atoms with Crippen LogP contribution in [0.15, 0.2) is 53.1 Å². The Kier molecular flexibility index (Phi) is 4.38. The number of nitrogens with one attached hydrogen (secondary N) is 1.